The molecule has 182 valence electrons. The van der Waals surface area contributed by atoms with E-state index in [-0.39, 0.29) is 23.5 Å². The SMILES string of the molecule is CC(C)Cc1cn(C(C)(C)C)s/c1=N\C(=O)c1cc(C(F)(F)F)ccc1OCc1ccccn1. The van der Waals surface area contributed by atoms with Crippen LogP contribution in [-0.4, -0.2) is 14.8 Å². The highest BCUT2D eigenvalue weighted by Gasteiger charge is 2.32. The lowest BCUT2D eigenvalue weighted by Gasteiger charge is -2.19. The molecule has 0 spiro atoms. The second-order valence-electron chi connectivity index (χ2n) is 9.38. The van der Waals surface area contributed by atoms with Gasteiger partial charge in [-0.05, 0) is 75.0 Å². The summed E-state index contributed by atoms with van der Waals surface area (Å²) in [6.45, 7) is 10.2. The van der Waals surface area contributed by atoms with Gasteiger partial charge >= 0.3 is 6.18 Å². The van der Waals surface area contributed by atoms with Gasteiger partial charge in [0.25, 0.3) is 5.91 Å². The predicted octanol–water partition coefficient (Wildman–Crippen LogP) is 6.24. The molecule has 1 amide bonds. The average Bonchev–Trinajstić information content (AvgIpc) is 3.14. The molecule has 2 aromatic heterocycles. The molecule has 34 heavy (non-hydrogen) atoms. The number of nitrogens with zero attached hydrogens (tertiary/aromatic N) is 3. The van der Waals surface area contributed by atoms with E-state index in [4.69, 9.17) is 4.74 Å². The topological polar surface area (TPSA) is 56.5 Å². The molecular formula is C25H28F3N3O2S. The number of aromatic nitrogens is 2. The van der Waals surface area contributed by atoms with E-state index in [0.717, 1.165) is 23.8 Å². The molecule has 0 aliphatic carbocycles. The minimum Gasteiger partial charge on any atom is -0.486 e. The third-order valence-electron chi connectivity index (χ3n) is 4.86. The molecule has 0 N–H and O–H groups in total. The fourth-order valence-corrected chi connectivity index (χ4v) is 4.18. The molecular weight excluding hydrogens is 463 g/mol. The highest BCUT2D eigenvalue weighted by molar-refractivity contribution is 7.04. The number of pyridine rings is 1. The molecule has 9 heteroatoms. The molecule has 1 aromatic carbocycles. The summed E-state index contributed by atoms with van der Waals surface area (Å²) in [5, 5.41) is 0. The molecule has 2 heterocycles. The molecule has 5 nitrogen and oxygen atoms in total. The van der Waals surface area contributed by atoms with Gasteiger partial charge < -0.3 is 4.74 Å². The van der Waals surface area contributed by atoms with Gasteiger partial charge in [-0.1, -0.05) is 19.9 Å². The maximum atomic E-state index is 13.4. The number of benzene rings is 1. The largest absolute Gasteiger partial charge is 0.486 e. The van der Waals surface area contributed by atoms with E-state index in [2.05, 4.69) is 23.8 Å². The Balaban J connectivity index is 2.05. The summed E-state index contributed by atoms with van der Waals surface area (Å²) in [4.78, 5) is 21.6. The van der Waals surface area contributed by atoms with Crippen LogP contribution in [0.25, 0.3) is 0 Å². The molecule has 0 aliphatic heterocycles. The second kappa shape index (κ2) is 10.1. The highest BCUT2D eigenvalue weighted by atomic mass is 32.1. The first-order chi connectivity index (χ1) is 15.8. The van der Waals surface area contributed by atoms with E-state index >= 15 is 0 Å². The smallest absolute Gasteiger partial charge is 0.416 e. The number of hydrogen-bond acceptors (Lipinski definition) is 4. The van der Waals surface area contributed by atoms with Gasteiger partial charge in [0.05, 0.1) is 16.8 Å². The van der Waals surface area contributed by atoms with Crippen molar-refractivity contribution in [1.29, 1.82) is 0 Å². The van der Waals surface area contributed by atoms with Gasteiger partial charge in [-0.3, -0.25) is 13.7 Å². The van der Waals surface area contributed by atoms with Crippen LogP contribution in [0.4, 0.5) is 13.2 Å². The second-order valence-corrected chi connectivity index (χ2v) is 10.3. The minimum atomic E-state index is -4.60. The Kier molecular flexibility index (Phi) is 7.65. The van der Waals surface area contributed by atoms with Crippen LogP contribution in [0.15, 0.2) is 53.8 Å². The summed E-state index contributed by atoms with van der Waals surface area (Å²) in [5.41, 5.74) is 0.0690. The lowest BCUT2D eigenvalue weighted by Crippen LogP contribution is -2.18. The summed E-state index contributed by atoms with van der Waals surface area (Å²) in [6.07, 6.45) is -0.362. The summed E-state index contributed by atoms with van der Waals surface area (Å²) >= 11 is 1.31. The van der Waals surface area contributed by atoms with Crippen molar-refractivity contribution in [2.75, 3.05) is 0 Å². The molecule has 0 bridgehead atoms. The summed E-state index contributed by atoms with van der Waals surface area (Å²) < 4.78 is 48.3. The third kappa shape index (κ3) is 6.56. The molecule has 3 aromatic rings. The predicted molar refractivity (Wildman–Crippen MR) is 126 cm³/mol. The highest BCUT2D eigenvalue weighted by Crippen LogP contribution is 2.33. The normalized spacial score (nSPS) is 12.9. The van der Waals surface area contributed by atoms with Gasteiger partial charge in [-0.15, -0.1) is 0 Å². The summed E-state index contributed by atoms with van der Waals surface area (Å²) in [5.74, 6) is -0.439. The van der Waals surface area contributed by atoms with Crippen molar-refractivity contribution >= 4 is 17.4 Å². The number of amides is 1. The Morgan fingerprint density at radius 1 is 1.18 bits per heavy atom. The molecule has 0 unspecified atom stereocenters. The molecule has 0 fully saturated rings. The van der Waals surface area contributed by atoms with Crippen LogP contribution in [0.2, 0.25) is 0 Å². The van der Waals surface area contributed by atoms with Gasteiger partial charge in [0, 0.05) is 23.5 Å². The Morgan fingerprint density at radius 3 is 2.50 bits per heavy atom. The monoisotopic (exact) mass is 491 g/mol. The number of hydrogen-bond donors (Lipinski definition) is 0. The molecule has 0 saturated heterocycles. The van der Waals surface area contributed by atoms with Crippen LogP contribution >= 0.6 is 11.5 Å². The van der Waals surface area contributed by atoms with Crippen molar-refractivity contribution in [1.82, 2.24) is 8.94 Å². The minimum absolute atomic E-state index is 0.00805. The summed E-state index contributed by atoms with van der Waals surface area (Å²) in [7, 11) is 0. The maximum absolute atomic E-state index is 13.4. The van der Waals surface area contributed by atoms with E-state index in [1.807, 2.05) is 30.9 Å². The van der Waals surface area contributed by atoms with Gasteiger partial charge in [-0.25, -0.2) is 0 Å². The zero-order valence-corrected chi connectivity index (χ0v) is 20.6. The van der Waals surface area contributed by atoms with Crippen LogP contribution in [0.5, 0.6) is 5.75 Å². The molecule has 0 aliphatic rings. The van der Waals surface area contributed by atoms with E-state index in [1.165, 1.54) is 11.5 Å². The average molecular weight is 492 g/mol. The van der Waals surface area contributed by atoms with Crippen LogP contribution in [0, 0.1) is 5.92 Å². The third-order valence-corrected chi connectivity index (χ3v) is 6.24. The Bertz CT molecular complexity index is 1210. The molecule has 0 atom stereocenters. The Labute approximate surface area is 201 Å². The molecule has 3 rings (SSSR count). The standard InChI is InChI=1S/C25H28F3N3O2S/c1-16(2)12-17-14-31(24(3,4)5)34-23(17)30-22(32)20-13-18(25(26,27)28)9-10-21(20)33-15-19-8-6-7-11-29-19/h6-11,13-14,16H,12,15H2,1-5H3/b30-23-. The van der Waals surface area contributed by atoms with Crippen LogP contribution in [-0.2, 0) is 24.7 Å². The number of carbonyl (C=O) groups excluding carboxylic acids is 1. The lowest BCUT2D eigenvalue weighted by molar-refractivity contribution is -0.137. The zero-order valence-electron chi connectivity index (χ0n) is 19.8. The van der Waals surface area contributed by atoms with Crippen LogP contribution < -0.4 is 9.41 Å². The lowest BCUT2D eigenvalue weighted by atomic mass is 10.1. The first kappa shape index (κ1) is 25.7. The van der Waals surface area contributed by atoms with Crippen LogP contribution in [0.3, 0.4) is 0 Å². The van der Waals surface area contributed by atoms with Crippen molar-refractivity contribution in [3.63, 3.8) is 0 Å². The zero-order chi connectivity index (χ0) is 25.1. The van der Waals surface area contributed by atoms with Gasteiger partial charge in [0.2, 0.25) is 0 Å². The number of rotatable bonds is 6. The van der Waals surface area contributed by atoms with E-state index in [1.54, 1.807) is 24.4 Å². The van der Waals surface area contributed by atoms with Gasteiger partial charge in [0.15, 0.2) is 0 Å². The maximum Gasteiger partial charge on any atom is 0.416 e. The van der Waals surface area contributed by atoms with Crippen molar-refractivity contribution in [3.8, 4) is 5.75 Å². The number of ether oxygens (including phenoxy) is 1. The van der Waals surface area contributed by atoms with Crippen molar-refractivity contribution in [2.24, 2.45) is 10.9 Å². The fraction of sp³-hybridized carbons (Fsp3) is 0.400. The van der Waals surface area contributed by atoms with Crippen molar-refractivity contribution < 1.29 is 22.7 Å². The Hall–Kier alpha value is -2.94. The van der Waals surface area contributed by atoms with E-state index < -0.39 is 17.6 Å². The van der Waals surface area contributed by atoms with Gasteiger partial charge in [0.1, 0.15) is 17.0 Å². The first-order valence-electron chi connectivity index (χ1n) is 10.9. The van der Waals surface area contributed by atoms with E-state index in [0.29, 0.717) is 22.7 Å². The number of carbonyl (C=O) groups is 1. The van der Waals surface area contributed by atoms with Crippen LogP contribution in [0.1, 0.15) is 61.8 Å². The quantitative estimate of drug-likeness (QED) is 0.410. The molecule has 0 saturated carbocycles. The number of halogens is 3. The first-order valence-corrected chi connectivity index (χ1v) is 11.7. The Morgan fingerprint density at radius 2 is 1.91 bits per heavy atom. The van der Waals surface area contributed by atoms with Crippen molar-refractivity contribution in [3.05, 3.63) is 75.8 Å². The van der Waals surface area contributed by atoms with Gasteiger partial charge in [-0.2, -0.15) is 18.2 Å². The summed E-state index contributed by atoms with van der Waals surface area (Å²) in [6, 6.07) is 8.10. The van der Waals surface area contributed by atoms with E-state index in [9.17, 15) is 18.0 Å². The molecule has 0 radical (unpaired) electrons. The van der Waals surface area contributed by atoms with Crippen molar-refractivity contribution in [2.45, 2.75) is 59.4 Å². The fourth-order valence-electron chi connectivity index (χ4n) is 3.16. The number of alkyl halides is 3.